The molecule has 5 rings (SSSR count). The van der Waals surface area contributed by atoms with Gasteiger partial charge < -0.3 is 15.7 Å². The number of aliphatic hydroxyl groups is 1. The Hall–Kier alpha value is -3.69. The number of benzene rings is 1. The van der Waals surface area contributed by atoms with Crippen molar-refractivity contribution in [3.63, 3.8) is 0 Å². The van der Waals surface area contributed by atoms with Crippen molar-refractivity contribution in [3.05, 3.63) is 47.3 Å². The Bertz CT molecular complexity index is 1390. The van der Waals surface area contributed by atoms with E-state index in [4.69, 9.17) is 0 Å². The second-order valence-electron chi connectivity index (χ2n) is 10.7. The summed E-state index contributed by atoms with van der Waals surface area (Å²) in [5.41, 5.74) is 3.78. The third-order valence-electron chi connectivity index (χ3n) is 7.55. The molecule has 1 saturated heterocycles. The lowest BCUT2D eigenvalue weighted by atomic mass is 9.83. The van der Waals surface area contributed by atoms with Crippen LogP contribution in [0, 0.1) is 24.2 Å². The van der Waals surface area contributed by atoms with E-state index in [1.807, 2.05) is 30.7 Å². The van der Waals surface area contributed by atoms with E-state index in [-0.39, 0.29) is 12.5 Å². The van der Waals surface area contributed by atoms with Crippen molar-refractivity contribution in [2.75, 3.05) is 43.4 Å². The molecule has 2 aromatic heterocycles. The summed E-state index contributed by atoms with van der Waals surface area (Å²) >= 11 is 0. The summed E-state index contributed by atoms with van der Waals surface area (Å²) in [5, 5.41) is 30.8. The summed E-state index contributed by atoms with van der Waals surface area (Å²) in [4.78, 5) is 10.5. The first-order chi connectivity index (χ1) is 18.6. The maximum atomic E-state index is 12.7. The highest BCUT2D eigenvalue weighted by molar-refractivity contribution is 5.76. The van der Waals surface area contributed by atoms with Gasteiger partial charge in [0.2, 0.25) is 5.95 Å². The van der Waals surface area contributed by atoms with E-state index in [2.05, 4.69) is 31.8 Å². The van der Waals surface area contributed by atoms with Crippen LogP contribution in [0.5, 0.6) is 0 Å². The molecule has 3 N–H and O–H groups in total. The monoisotopic (exact) mass is 540 g/mol. The zero-order chi connectivity index (χ0) is 27.8. The molecular formula is C27H31F3N8O. The lowest BCUT2D eigenvalue weighted by Gasteiger charge is -2.32. The van der Waals surface area contributed by atoms with Crippen LogP contribution in [0.2, 0.25) is 0 Å². The minimum Gasteiger partial charge on any atom is -0.395 e. The predicted octanol–water partition coefficient (Wildman–Crippen LogP) is 4.21. The van der Waals surface area contributed by atoms with E-state index in [0.717, 1.165) is 22.5 Å². The highest BCUT2D eigenvalue weighted by Crippen LogP contribution is 2.41. The molecule has 1 atom stereocenters. The fourth-order valence-corrected chi connectivity index (χ4v) is 5.37. The maximum absolute atomic E-state index is 12.7. The molecule has 0 amide bonds. The SMILES string of the molecule is Cc1cc(Nc2nccc(-c3cc(C#N)c4c(c3)[C@@](C)(CO)CN4)n2)n(CC2CCN(CC(F)(F)F)CC2)n1. The van der Waals surface area contributed by atoms with E-state index < -0.39 is 18.1 Å². The molecule has 4 heterocycles. The van der Waals surface area contributed by atoms with Crippen LogP contribution in [0.4, 0.5) is 30.6 Å². The molecule has 0 unspecified atom stereocenters. The Morgan fingerprint density at radius 2 is 2.03 bits per heavy atom. The topological polar surface area (TPSA) is 115 Å². The van der Waals surface area contributed by atoms with Crippen molar-refractivity contribution in [1.82, 2.24) is 24.6 Å². The zero-order valence-electron chi connectivity index (χ0n) is 21.9. The second-order valence-corrected chi connectivity index (χ2v) is 10.7. The Kier molecular flexibility index (Phi) is 7.22. The Labute approximate surface area is 224 Å². The standard InChI is InChI=1S/C27H31F3N8O/c1-17-9-23(38(36-17)13-18-4-7-37(8-5-18)15-27(28,29)30)35-25-32-6-3-22(34-25)19-10-20(12-31)24-21(11-19)26(2,16-39)14-33-24/h3,6,9-11,18,33,39H,4-5,7-8,13-16H2,1-2H3,(H,32,34,35)/t26-/m1/s1. The highest BCUT2D eigenvalue weighted by atomic mass is 19.4. The molecule has 0 aliphatic carbocycles. The minimum atomic E-state index is -4.18. The van der Waals surface area contributed by atoms with Gasteiger partial charge in [-0.25, -0.2) is 14.6 Å². The Balaban J connectivity index is 1.33. The number of piperidine rings is 1. The van der Waals surface area contributed by atoms with Gasteiger partial charge in [0.05, 0.1) is 35.8 Å². The number of nitrogens with one attached hydrogen (secondary N) is 2. The number of hydrogen-bond donors (Lipinski definition) is 3. The van der Waals surface area contributed by atoms with Crippen LogP contribution in [0.15, 0.2) is 30.5 Å². The van der Waals surface area contributed by atoms with Gasteiger partial charge in [0.25, 0.3) is 0 Å². The number of halogens is 3. The van der Waals surface area contributed by atoms with Gasteiger partial charge in [-0.15, -0.1) is 0 Å². The molecule has 0 radical (unpaired) electrons. The smallest absolute Gasteiger partial charge is 0.395 e. The summed E-state index contributed by atoms with van der Waals surface area (Å²) in [7, 11) is 0. The summed E-state index contributed by atoms with van der Waals surface area (Å²) in [6.07, 6.45) is -1.20. The van der Waals surface area contributed by atoms with Crippen LogP contribution in [0.1, 0.15) is 36.6 Å². The van der Waals surface area contributed by atoms with Crippen molar-refractivity contribution in [2.24, 2.45) is 5.92 Å². The molecule has 206 valence electrons. The molecule has 2 aliphatic heterocycles. The van der Waals surface area contributed by atoms with Crippen LogP contribution < -0.4 is 10.6 Å². The number of likely N-dealkylation sites (tertiary alicyclic amines) is 1. The molecule has 1 aromatic carbocycles. The van der Waals surface area contributed by atoms with E-state index in [1.165, 1.54) is 4.90 Å². The van der Waals surface area contributed by atoms with Crippen LogP contribution in [0.25, 0.3) is 11.3 Å². The molecule has 9 nitrogen and oxygen atoms in total. The van der Waals surface area contributed by atoms with E-state index in [9.17, 15) is 23.5 Å². The minimum absolute atomic E-state index is 0.0530. The fraction of sp³-hybridized carbons (Fsp3) is 0.481. The van der Waals surface area contributed by atoms with Gasteiger partial charge in [-0.3, -0.25) is 4.90 Å². The molecule has 3 aromatic rings. The van der Waals surface area contributed by atoms with Gasteiger partial charge in [-0.1, -0.05) is 6.92 Å². The van der Waals surface area contributed by atoms with Gasteiger partial charge in [0.15, 0.2) is 0 Å². The summed E-state index contributed by atoms with van der Waals surface area (Å²) in [5.74, 6) is 1.27. The average Bonchev–Trinajstić information content (AvgIpc) is 3.43. The number of hydrogen-bond acceptors (Lipinski definition) is 8. The van der Waals surface area contributed by atoms with Crippen LogP contribution >= 0.6 is 0 Å². The van der Waals surface area contributed by atoms with E-state index >= 15 is 0 Å². The first-order valence-corrected chi connectivity index (χ1v) is 12.9. The molecule has 0 spiro atoms. The molecule has 1 fully saturated rings. The van der Waals surface area contributed by atoms with Crippen molar-refractivity contribution in [1.29, 1.82) is 5.26 Å². The van der Waals surface area contributed by atoms with Crippen molar-refractivity contribution >= 4 is 17.5 Å². The summed E-state index contributed by atoms with van der Waals surface area (Å²) < 4.78 is 40.0. The quantitative estimate of drug-likeness (QED) is 0.408. The van der Waals surface area contributed by atoms with Gasteiger partial charge in [-0.05, 0) is 62.5 Å². The van der Waals surface area contributed by atoms with Crippen LogP contribution in [0.3, 0.4) is 0 Å². The van der Waals surface area contributed by atoms with Gasteiger partial charge in [-0.2, -0.15) is 23.5 Å². The number of aromatic nitrogens is 4. The number of rotatable bonds is 7. The van der Waals surface area contributed by atoms with Crippen molar-refractivity contribution < 1.29 is 18.3 Å². The lowest BCUT2D eigenvalue weighted by molar-refractivity contribution is -0.148. The van der Waals surface area contributed by atoms with E-state index in [0.29, 0.717) is 62.0 Å². The number of nitrogens with zero attached hydrogens (tertiary/aromatic N) is 6. The molecule has 2 aliphatic rings. The number of aryl methyl sites for hydroxylation is 1. The van der Waals surface area contributed by atoms with E-state index in [1.54, 1.807) is 18.3 Å². The third-order valence-corrected chi connectivity index (χ3v) is 7.55. The predicted molar refractivity (Wildman–Crippen MR) is 141 cm³/mol. The van der Waals surface area contributed by atoms with Crippen molar-refractivity contribution in [2.45, 2.75) is 44.8 Å². The van der Waals surface area contributed by atoms with Gasteiger partial charge >= 0.3 is 6.18 Å². The first kappa shape index (κ1) is 26.9. The Morgan fingerprint density at radius 1 is 1.26 bits per heavy atom. The third kappa shape index (κ3) is 5.84. The van der Waals surface area contributed by atoms with Crippen LogP contribution in [-0.2, 0) is 12.0 Å². The second kappa shape index (κ2) is 10.5. The average molecular weight is 541 g/mol. The highest BCUT2D eigenvalue weighted by Gasteiger charge is 2.36. The summed E-state index contributed by atoms with van der Waals surface area (Å²) in [6.45, 7) is 4.86. The summed E-state index contributed by atoms with van der Waals surface area (Å²) in [6, 6.07) is 9.63. The molecular weight excluding hydrogens is 509 g/mol. The van der Waals surface area contributed by atoms with Crippen LogP contribution in [-0.4, -0.2) is 68.7 Å². The first-order valence-electron chi connectivity index (χ1n) is 12.9. The fourth-order valence-electron chi connectivity index (χ4n) is 5.37. The number of alkyl halides is 3. The number of anilines is 3. The molecule has 0 saturated carbocycles. The van der Waals surface area contributed by atoms with Gasteiger partial charge in [0.1, 0.15) is 11.9 Å². The molecule has 0 bridgehead atoms. The molecule has 39 heavy (non-hydrogen) atoms. The normalized spacial score (nSPS) is 19.9. The lowest BCUT2D eigenvalue weighted by Crippen LogP contribution is -2.40. The number of aliphatic hydroxyl groups excluding tert-OH is 1. The number of nitriles is 1. The number of fused-ring (bicyclic) bond motifs is 1. The Morgan fingerprint density at radius 3 is 2.72 bits per heavy atom. The molecule has 12 heteroatoms. The maximum Gasteiger partial charge on any atom is 0.401 e. The van der Waals surface area contributed by atoms with Gasteiger partial charge in [0, 0.05) is 36.3 Å². The zero-order valence-corrected chi connectivity index (χ0v) is 21.9. The largest absolute Gasteiger partial charge is 0.401 e. The van der Waals surface area contributed by atoms with Crippen molar-refractivity contribution in [3.8, 4) is 17.3 Å².